The number of hydrogen-bond acceptors (Lipinski definition) is 5. The first-order valence-corrected chi connectivity index (χ1v) is 6.21. The van der Waals surface area contributed by atoms with Gasteiger partial charge in [-0.1, -0.05) is 0 Å². The summed E-state index contributed by atoms with van der Waals surface area (Å²) in [6.45, 7) is 0.631. The molecule has 0 aliphatic carbocycles. The van der Waals surface area contributed by atoms with Crippen LogP contribution in [0, 0.1) is 0 Å². The van der Waals surface area contributed by atoms with Crippen molar-refractivity contribution in [3.05, 3.63) is 11.1 Å². The van der Waals surface area contributed by atoms with Gasteiger partial charge in [-0.3, -0.25) is 9.59 Å². The molecule has 1 atom stereocenters. The van der Waals surface area contributed by atoms with E-state index in [4.69, 9.17) is 5.11 Å². The summed E-state index contributed by atoms with van der Waals surface area (Å²) in [4.78, 5) is 25.6. The van der Waals surface area contributed by atoms with Crippen molar-refractivity contribution in [2.24, 2.45) is 0 Å². The number of aliphatic carboxylic acids is 1. The Balaban J connectivity index is 1.81. The van der Waals surface area contributed by atoms with Gasteiger partial charge in [0.25, 0.3) is 0 Å². The molecule has 1 aliphatic heterocycles. The average Bonchev–Trinajstić information content (AvgIpc) is 2.84. The fourth-order valence-electron chi connectivity index (χ4n) is 1.67. The molecular weight excluding hydrogens is 242 g/mol. The van der Waals surface area contributed by atoms with Crippen LogP contribution < -0.4 is 10.6 Å². The maximum Gasteiger partial charge on any atom is 0.309 e. The number of amides is 1. The van der Waals surface area contributed by atoms with Crippen molar-refractivity contribution in [1.82, 2.24) is 10.3 Å². The van der Waals surface area contributed by atoms with E-state index in [1.807, 2.05) is 0 Å². The minimum Gasteiger partial charge on any atom is -0.481 e. The smallest absolute Gasteiger partial charge is 0.309 e. The Morgan fingerprint density at radius 1 is 1.71 bits per heavy atom. The maximum atomic E-state index is 11.0. The van der Waals surface area contributed by atoms with Crippen LogP contribution in [0.2, 0.25) is 0 Å². The third-order valence-electron chi connectivity index (χ3n) is 2.47. The van der Waals surface area contributed by atoms with E-state index in [0.717, 1.165) is 6.42 Å². The van der Waals surface area contributed by atoms with Crippen molar-refractivity contribution in [1.29, 1.82) is 0 Å². The lowest BCUT2D eigenvalue weighted by molar-refractivity contribution is -0.136. The van der Waals surface area contributed by atoms with Gasteiger partial charge >= 0.3 is 5.97 Å². The molecule has 0 aromatic carbocycles. The number of carbonyl (C=O) groups is 2. The SMILES string of the molecule is O=C(O)Cc1csc(NCC2CCC(=O)N2)n1. The van der Waals surface area contributed by atoms with E-state index in [9.17, 15) is 9.59 Å². The zero-order valence-electron chi connectivity index (χ0n) is 9.10. The molecule has 1 saturated heterocycles. The summed E-state index contributed by atoms with van der Waals surface area (Å²) in [6, 6.07) is 0.148. The quantitative estimate of drug-likeness (QED) is 0.711. The van der Waals surface area contributed by atoms with Gasteiger partial charge in [0.1, 0.15) is 0 Å². The number of nitrogens with zero attached hydrogens (tertiary/aromatic N) is 1. The highest BCUT2D eigenvalue weighted by Crippen LogP contribution is 2.16. The largest absolute Gasteiger partial charge is 0.481 e. The lowest BCUT2D eigenvalue weighted by Crippen LogP contribution is -2.31. The third-order valence-corrected chi connectivity index (χ3v) is 3.32. The molecule has 1 amide bonds. The highest BCUT2D eigenvalue weighted by Gasteiger charge is 2.20. The zero-order chi connectivity index (χ0) is 12.3. The van der Waals surface area contributed by atoms with Gasteiger partial charge in [-0.25, -0.2) is 4.98 Å². The molecule has 3 N–H and O–H groups in total. The highest BCUT2D eigenvalue weighted by atomic mass is 32.1. The van der Waals surface area contributed by atoms with Crippen LogP contribution in [0.25, 0.3) is 0 Å². The van der Waals surface area contributed by atoms with Crippen molar-refractivity contribution < 1.29 is 14.7 Å². The molecule has 17 heavy (non-hydrogen) atoms. The average molecular weight is 255 g/mol. The predicted molar refractivity (Wildman–Crippen MR) is 63.1 cm³/mol. The van der Waals surface area contributed by atoms with Gasteiger partial charge in [0.2, 0.25) is 5.91 Å². The summed E-state index contributed by atoms with van der Waals surface area (Å²) in [5.41, 5.74) is 0.556. The van der Waals surface area contributed by atoms with Crippen LogP contribution in [0.3, 0.4) is 0 Å². The number of anilines is 1. The first-order valence-electron chi connectivity index (χ1n) is 5.33. The molecule has 1 fully saturated rings. The van der Waals surface area contributed by atoms with Crippen LogP contribution in [-0.4, -0.2) is 34.6 Å². The molecular formula is C10H13N3O3S. The molecule has 1 unspecified atom stereocenters. The molecule has 0 radical (unpaired) electrons. The van der Waals surface area contributed by atoms with Crippen LogP contribution in [0.15, 0.2) is 5.38 Å². The van der Waals surface area contributed by atoms with E-state index in [1.54, 1.807) is 5.38 Å². The minimum atomic E-state index is -0.884. The Hall–Kier alpha value is -1.63. The molecule has 0 spiro atoms. The van der Waals surface area contributed by atoms with Gasteiger partial charge in [0, 0.05) is 24.4 Å². The second kappa shape index (κ2) is 5.13. The van der Waals surface area contributed by atoms with Crippen molar-refractivity contribution in [3.8, 4) is 0 Å². The van der Waals surface area contributed by atoms with E-state index in [1.165, 1.54) is 11.3 Å². The lowest BCUT2D eigenvalue weighted by atomic mass is 10.2. The molecule has 1 aromatic heterocycles. The van der Waals surface area contributed by atoms with Crippen LogP contribution in [0.4, 0.5) is 5.13 Å². The van der Waals surface area contributed by atoms with Gasteiger partial charge in [-0.2, -0.15) is 0 Å². The molecule has 2 rings (SSSR count). The predicted octanol–water partition coefficient (Wildman–Crippen LogP) is 0.461. The number of carbonyl (C=O) groups excluding carboxylic acids is 1. The summed E-state index contributed by atoms with van der Waals surface area (Å²) in [5, 5.41) is 17.0. The highest BCUT2D eigenvalue weighted by molar-refractivity contribution is 7.13. The van der Waals surface area contributed by atoms with E-state index in [2.05, 4.69) is 15.6 Å². The molecule has 1 aliphatic rings. The standard InChI is InChI=1S/C10H13N3O3S/c14-8-2-1-6(12-8)4-11-10-13-7(5-17-10)3-9(15)16/h5-6H,1-4H2,(H,11,13)(H,12,14)(H,15,16). The molecule has 0 saturated carbocycles. The summed E-state index contributed by atoms with van der Waals surface area (Å²) in [6.07, 6.45) is 1.35. The Morgan fingerprint density at radius 2 is 2.53 bits per heavy atom. The minimum absolute atomic E-state index is 0.0572. The Bertz CT molecular complexity index is 432. The van der Waals surface area contributed by atoms with Crippen molar-refractivity contribution >= 4 is 28.3 Å². The van der Waals surface area contributed by atoms with Gasteiger partial charge in [0.05, 0.1) is 12.1 Å². The van der Waals surface area contributed by atoms with Gasteiger partial charge in [0.15, 0.2) is 5.13 Å². The summed E-state index contributed by atoms with van der Waals surface area (Å²) >= 11 is 1.38. The molecule has 92 valence electrons. The normalized spacial score (nSPS) is 19.1. The van der Waals surface area contributed by atoms with E-state index in [-0.39, 0.29) is 18.4 Å². The van der Waals surface area contributed by atoms with Crippen LogP contribution in [-0.2, 0) is 16.0 Å². The van der Waals surface area contributed by atoms with Gasteiger partial charge in [-0.05, 0) is 6.42 Å². The number of aromatic nitrogens is 1. The first kappa shape index (κ1) is 11.8. The van der Waals surface area contributed by atoms with Gasteiger partial charge in [-0.15, -0.1) is 11.3 Å². The van der Waals surface area contributed by atoms with Crippen molar-refractivity contribution in [3.63, 3.8) is 0 Å². The first-order chi connectivity index (χ1) is 8.13. The fourth-order valence-corrected chi connectivity index (χ4v) is 2.39. The number of rotatable bonds is 5. The monoisotopic (exact) mass is 255 g/mol. The Labute approximate surface area is 102 Å². The third kappa shape index (κ3) is 3.42. The second-order valence-electron chi connectivity index (χ2n) is 3.90. The van der Waals surface area contributed by atoms with E-state index >= 15 is 0 Å². The molecule has 7 heteroatoms. The topological polar surface area (TPSA) is 91.3 Å². The summed E-state index contributed by atoms with van der Waals surface area (Å²) in [7, 11) is 0. The molecule has 6 nitrogen and oxygen atoms in total. The van der Waals surface area contributed by atoms with E-state index in [0.29, 0.717) is 23.8 Å². The van der Waals surface area contributed by atoms with Crippen LogP contribution >= 0.6 is 11.3 Å². The zero-order valence-corrected chi connectivity index (χ0v) is 9.92. The van der Waals surface area contributed by atoms with Crippen molar-refractivity contribution in [2.45, 2.75) is 25.3 Å². The molecule has 0 bridgehead atoms. The van der Waals surface area contributed by atoms with Gasteiger partial charge < -0.3 is 15.7 Å². The van der Waals surface area contributed by atoms with Crippen molar-refractivity contribution in [2.75, 3.05) is 11.9 Å². The lowest BCUT2D eigenvalue weighted by Gasteiger charge is -2.09. The molecule has 2 heterocycles. The Morgan fingerprint density at radius 3 is 3.18 bits per heavy atom. The number of hydrogen-bond donors (Lipinski definition) is 3. The van der Waals surface area contributed by atoms with E-state index < -0.39 is 5.97 Å². The van der Waals surface area contributed by atoms with Crippen LogP contribution in [0.1, 0.15) is 18.5 Å². The summed E-state index contributed by atoms with van der Waals surface area (Å²) < 4.78 is 0. The fraction of sp³-hybridized carbons (Fsp3) is 0.500. The number of carboxylic acids is 1. The maximum absolute atomic E-state index is 11.0. The number of thiazole rings is 1. The molecule has 1 aromatic rings. The summed E-state index contributed by atoms with van der Waals surface area (Å²) in [5.74, 6) is -0.799. The van der Waals surface area contributed by atoms with Crippen LogP contribution in [0.5, 0.6) is 0 Å². The second-order valence-corrected chi connectivity index (χ2v) is 4.76. The Kier molecular flexibility index (Phi) is 3.58. The number of carboxylic acid groups (broad SMARTS) is 1. The number of nitrogens with one attached hydrogen (secondary N) is 2.